The van der Waals surface area contributed by atoms with Gasteiger partial charge in [-0.25, -0.2) is 8.78 Å². The summed E-state index contributed by atoms with van der Waals surface area (Å²) in [6, 6.07) is 8.46. The van der Waals surface area contributed by atoms with Crippen LogP contribution in [-0.2, 0) is 6.54 Å². The highest BCUT2D eigenvalue weighted by atomic mass is 19.1. The van der Waals surface area contributed by atoms with E-state index in [1.165, 1.54) is 18.2 Å². The highest BCUT2D eigenvalue weighted by Gasteiger charge is 2.08. The fourth-order valence-corrected chi connectivity index (χ4v) is 1.84. The third kappa shape index (κ3) is 3.12. The number of primary amides is 1. The molecule has 3 nitrogen and oxygen atoms in total. The van der Waals surface area contributed by atoms with Gasteiger partial charge in [-0.3, -0.25) is 4.79 Å². The Morgan fingerprint density at radius 3 is 2.55 bits per heavy atom. The molecule has 0 aliphatic carbocycles. The predicted molar refractivity (Wildman–Crippen MR) is 73.4 cm³/mol. The molecule has 0 spiro atoms. The molecule has 0 bridgehead atoms. The van der Waals surface area contributed by atoms with Crippen molar-refractivity contribution in [3.8, 4) is 0 Å². The van der Waals surface area contributed by atoms with Crippen LogP contribution in [-0.4, -0.2) is 5.91 Å². The zero-order chi connectivity index (χ0) is 14.7. The van der Waals surface area contributed by atoms with Crippen molar-refractivity contribution in [1.82, 2.24) is 0 Å². The highest BCUT2D eigenvalue weighted by Crippen LogP contribution is 2.18. The molecule has 5 heteroatoms. The summed E-state index contributed by atoms with van der Waals surface area (Å²) < 4.78 is 27.2. The van der Waals surface area contributed by atoms with Crippen LogP contribution in [0.15, 0.2) is 36.4 Å². The topological polar surface area (TPSA) is 55.1 Å². The Morgan fingerprint density at radius 1 is 1.15 bits per heavy atom. The third-order valence-electron chi connectivity index (χ3n) is 2.92. The first kappa shape index (κ1) is 14.0. The summed E-state index contributed by atoms with van der Waals surface area (Å²) in [5.74, 6) is -1.53. The first-order chi connectivity index (χ1) is 9.47. The van der Waals surface area contributed by atoms with Crippen molar-refractivity contribution in [2.75, 3.05) is 5.32 Å². The SMILES string of the molecule is Cc1ccc(F)c(CNc2cc(C(N)=O)ccc2F)c1. The molecule has 0 saturated carbocycles. The molecule has 0 radical (unpaired) electrons. The molecular weight excluding hydrogens is 262 g/mol. The molecule has 0 aliphatic rings. The molecule has 20 heavy (non-hydrogen) atoms. The van der Waals surface area contributed by atoms with Crippen LogP contribution in [0.4, 0.5) is 14.5 Å². The van der Waals surface area contributed by atoms with Gasteiger partial charge >= 0.3 is 0 Å². The van der Waals surface area contributed by atoms with Crippen molar-refractivity contribution in [3.05, 3.63) is 64.7 Å². The van der Waals surface area contributed by atoms with Crippen LogP contribution in [0.1, 0.15) is 21.5 Å². The Labute approximate surface area is 115 Å². The summed E-state index contributed by atoms with van der Waals surface area (Å²) in [5.41, 5.74) is 6.78. The quantitative estimate of drug-likeness (QED) is 0.902. The number of hydrogen-bond acceptors (Lipinski definition) is 2. The molecule has 104 valence electrons. The molecule has 2 aromatic rings. The Balaban J connectivity index is 2.20. The van der Waals surface area contributed by atoms with E-state index in [2.05, 4.69) is 5.32 Å². The van der Waals surface area contributed by atoms with Crippen LogP contribution < -0.4 is 11.1 Å². The summed E-state index contributed by atoms with van der Waals surface area (Å²) in [5, 5.41) is 2.77. The number of halogens is 2. The summed E-state index contributed by atoms with van der Waals surface area (Å²) >= 11 is 0. The predicted octanol–water partition coefficient (Wildman–Crippen LogP) is 2.98. The minimum absolute atomic E-state index is 0.113. The van der Waals surface area contributed by atoms with Crippen LogP contribution >= 0.6 is 0 Å². The Hall–Kier alpha value is -2.43. The standard InChI is InChI=1S/C15H14F2N2O/c1-9-2-4-12(16)11(6-9)8-19-14-7-10(15(18)20)3-5-13(14)17/h2-7,19H,8H2,1H3,(H2,18,20). The van der Waals surface area contributed by atoms with Crippen molar-refractivity contribution >= 4 is 11.6 Å². The van der Waals surface area contributed by atoms with Crippen LogP contribution in [0.5, 0.6) is 0 Å². The Kier molecular flexibility index (Phi) is 3.98. The average molecular weight is 276 g/mol. The maximum atomic E-state index is 13.6. The molecule has 3 N–H and O–H groups in total. The largest absolute Gasteiger partial charge is 0.378 e. The first-order valence-electron chi connectivity index (χ1n) is 6.05. The number of benzene rings is 2. The third-order valence-corrected chi connectivity index (χ3v) is 2.92. The van der Waals surface area contributed by atoms with Gasteiger partial charge in [0.05, 0.1) is 5.69 Å². The number of carbonyl (C=O) groups is 1. The lowest BCUT2D eigenvalue weighted by atomic mass is 10.1. The normalized spacial score (nSPS) is 10.3. The van der Waals surface area contributed by atoms with Crippen molar-refractivity contribution < 1.29 is 13.6 Å². The van der Waals surface area contributed by atoms with E-state index < -0.39 is 11.7 Å². The van der Waals surface area contributed by atoms with Gasteiger partial charge in [0, 0.05) is 17.7 Å². The van der Waals surface area contributed by atoms with E-state index in [0.29, 0.717) is 5.56 Å². The van der Waals surface area contributed by atoms with Gasteiger partial charge in [-0.05, 0) is 31.2 Å². The number of nitrogens with two attached hydrogens (primary N) is 1. The fourth-order valence-electron chi connectivity index (χ4n) is 1.84. The lowest BCUT2D eigenvalue weighted by Gasteiger charge is -2.10. The second kappa shape index (κ2) is 5.69. The van der Waals surface area contributed by atoms with E-state index in [4.69, 9.17) is 5.73 Å². The molecule has 2 aromatic carbocycles. The number of rotatable bonds is 4. The van der Waals surface area contributed by atoms with E-state index >= 15 is 0 Å². The van der Waals surface area contributed by atoms with Crippen molar-refractivity contribution in [1.29, 1.82) is 0 Å². The molecule has 0 fully saturated rings. The molecule has 2 rings (SSSR count). The van der Waals surface area contributed by atoms with Crippen molar-refractivity contribution in [2.24, 2.45) is 5.73 Å². The van der Waals surface area contributed by atoms with Crippen LogP contribution in [0.25, 0.3) is 0 Å². The van der Waals surface area contributed by atoms with Crippen molar-refractivity contribution in [2.45, 2.75) is 13.5 Å². The zero-order valence-corrected chi connectivity index (χ0v) is 10.9. The fraction of sp³-hybridized carbons (Fsp3) is 0.133. The Morgan fingerprint density at radius 2 is 1.85 bits per heavy atom. The molecule has 0 unspecified atom stereocenters. The van der Waals surface area contributed by atoms with Gasteiger partial charge in [0.2, 0.25) is 5.91 Å². The monoisotopic (exact) mass is 276 g/mol. The molecule has 0 aromatic heterocycles. The van der Waals surface area contributed by atoms with E-state index in [1.54, 1.807) is 12.1 Å². The average Bonchev–Trinajstić information content (AvgIpc) is 2.41. The van der Waals surface area contributed by atoms with Gasteiger partial charge in [0.1, 0.15) is 11.6 Å². The molecule has 0 saturated heterocycles. The maximum Gasteiger partial charge on any atom is 0.248 e. The molecule has 0 atom stereocenters. The number of carbonyl (C=O) groups excluding carboxylic acids is 1. The van der Waals surface area contributed by atoms with Crippen LogP contribution in [0.2, 0.25) is 0 Å². The highest BCUT2D eigenvalue weighted by molar-refractivity contribution is 5.93. The van der Waals surface area contributed by atoms with Gasteiger partial charge < -0.3 is 11.1 Å². The number of hydrogen-bond donors (Lipinski definition) is 2. The lowest BCUT2D eigenvalue weighted by molar-refractivity contribution is 0.100. The van der Waals surface area contributed by atoms with E-state index in [-0.39, 0.29) is 23.6 Å². The van der Waals surface area contributed by atoms with E-state index in [1.807, 2.05) is 6.92 Å². The molecule has 0 aliphatic heterocycles. The van der Waals surface area contributed by atoms with Gasteiger partial charge in [-0.1, -0.05) is 17.7 Å². The number of nitrogens with one attached hydrogen (secondary N) is 1. The molecular formula is C15H14F2N2O. The minimum atomic E-state index is -0.644. The van der Waals surface area contributed by atoms with E-state index in [0.717, 1.165) is 11.6 Å². The van der Waals surface area contributed by atoms with Crippen LogP contribution in [0.3, 0.4) is 0 Å². The lowest BCUT2D eigenvalue weighted by Crippen LogP contribution is -2.12. The maximum absolute atomic E-state index is 13.6. The van der Waals surface area contributed by atoms with E-state index in [9.17, 15) is 13.6 Å². The first-order valence-corrected chi connectivity index (χ1v) is 6.05. The van der Waals surface area contributed by atoms with Gasteiger partial charge in [-0.2, -0.15) is 0 Å². The summed E-state index contributed by atoms with van der Waals surface area (Å²) in [6.45, 7) is 1.96. The number of amides is 1. The van der Waals surface area contributed by atoms with Gasteiger partial charge in [-0.15, -0.1) is 0 Å². The summed E-state index contributed by atoms with van der Waals surface area (Å²) in [6.07, 6.45) is 0. The smallest absolute Gasteiger partial charge is 0.248 e. The zero-order valence-electron chi connectivity index (χ0n) is 10.9. The second-order valence-electron chi connectivity index (χ2n) is 4.51. The van der Waals surface area contributed by atoms with Crippen LogP contribution in [0, 0.1) is 18.6 Å². The van der Waals surface area contributed by atoms with Gasteiger partial charge in [0.15, 0.2) is 0 Å². The second-order valence-corrected chi connectivity index (χ2v) is 4.51. The summed E-state index contributed by atoms with van der Waals surface area (Å²) in [7, 11) is 0. The molecule has 0 heterocycles. The van der Waals surface area contributed by atoms with Crippen molar-refractivity contribution in [3.63, 3.8) is 0 Å². The summed E-state index contributed by atoms with van der Waals surface area (Å²) in [4.78, 5) is 11.0. The molecule has 1 amide bonds. The minimum Gasteiger partial charge on any atom is -0.378 e. The number of anilines is 1. The van der Waals surface area contributed by atoms with Gasteiger partial charge in [0.25, 0.3) is 0 Å². The number of aryl methyl sites for hydroxylation is 1. The Bertz CT molecular complexity index is 656.